The highest BCUT2D eigenvalue weighted by Gasteiger charge is 2.26. The van der Waals surface area contributed by atoms with Crippen LogP contribution >= 0.6 is 0 Å². The van der Waals surface area contributed by atoms with Gasteiger partial charge in [0.05, 0.1) is 37.8 Å². The number of nitrogens with zero attached hydrogens (tertiary/aromatic N) is 3. The number of fused-ring (bicyclic) bond motifs is 1. The zero-order valence-corrected chi connectivity index (χ0v) is 42.8. The van der Waals surface area contributed by atoms with Crippen molar-refractivity contribution in [1.82, 2.24) is 9.13 Å². The van der Waals surface area contributed by atoms with Crippen LogP contribution in [0.4, 0.5) is 11.4 Å². The smallest absolute Gasteiger partial charge is 0.333 e. The van der Waals surface area contributed by atoms with Crippen LogP contribution in [-0.4, -0.2) is 52.7 Å². The largest absolute Gasteiger partial charge is 0.494 e. The maximum atomic E-state index is 14.4. The molecule has 1 heterocycles. The number of ketones is 1. The minimum Gasteiger partial charge on any atom is -0.494 e. The molecule has 1 aromatic heterocycles. The van der Waals surface area contributed by atoms with E-state index >= 15 is 0 Å². The molecule has 12 nitrogen and oxygen atoms in total. The van der Waals surface area contributed by atoms with Gasteiger partial charge in [-0.3, -0.25) is 23.7 Å². The molecule has 1 aliphatic rings. The van der Waals surface area contributed by atoms with Crippen LogP contribution in [0.3, 0.4) is 0 Å². The van der Waals surface area contributed by atoms with Gasteiger partial charge in [0.2, 0.25) is 5.88 Å². The fourth-order valence-electron chi connectivity index (χ4n) is 8.47. The Kier molecular flexibility index (Phi) is 26.1. The lowest BCUT2D eigenvalue weighted by molar-refractivity contribution is 0.102. The van der Waals surface area contributed by atoms with Crippen LogP contribution in [0.25, 0.3) is 0 Å². The highest BCUT2D eigenvalue weighted by Crippen LogP contribution is 2.40. The minimum absolute atomic E-state index is 0.0900. The molecule has 2 aromatic carbocycles. The second-order valence-corrected chi connectivity index (χ2v) is 18.6. The van der Waals surface area contributed by atoms with Gasteiger partial charge in [-0.2, -0.15) is 0 Å². The molecule has 4 rings (SSSR count). The van der Waals surface area contributed by atoms with E-state index in [2.05, 4.69) is 33.0 Å². The molecule has 0 fully saturated rings. The van der Waals surface area contributed by atoms with Gasteiger partial charge in [-0.05, 0) is 56.2 Å². The molecule has 0 atom stereocenters. The standard InChI is InChI=1S/C56H86N4O8/c1-7-11-15-19-23-27-33-65-49-37-43-31-32-44(53(61)45(43)38-50(49)66-34-28-24-20-16-12-8-2)41-57-47-39-51(67-35-29-25-21-17-13-9-3)52(68-36-30-26-22-18-14-10-4)40-48(47)58-42-46-54(62)59(5)56(64)60(6)55(46)63/h37-42,57,62H,7-36H2,1-6H3/b44-41-,58-42?. The number of Topliss-reactive ketones (excluding diaryl/α,β-unsaturated/α-hetero) is 1. The normalized spacial score (nSPS) is 13.1. The minimum atomic E-state index is -0.679. The first-order valence-electron chi connectivity index (χ1n) is 26.5. The number of aromatic hydroxyl groups is 1. The van der Waals surface area contributed by atoms with Gasteiger partial charge in [-0.25, -0.2) is 4.79 Å². The third kappa shape index (κ3) is 18.1. The van der Waals surface area contributed by atoms with E-state index in [0.717, 1.165) is 78.9 Å². The van der Waals surface area contributed by atoms with E-state index in [-0.39, 0.29) is 11.3 Å². The van der Waals surface area contributed by atoms with Crippen molar-refractivity contribution in [1.29, 1.82) is 0 Å². The van der Waals surface area contributed by atoms with Crippen molar-refractivity contribution in [2.45, 2.75) is 195 Å². The van der Waals surface area contributed by atoms with Crippen molar-refractivity contribution < 1.29 is 28.8 Å². The number of aliphatic imine (C=N–C) groups is 1. The number of hydrogen-bond acceptors (Lipinski definition) is 10. The predicted molar refractivity (Wildman–Crippen MR) is 279 cm³/mol. The molecule has 2 N–H and O–H groups in total. The summed E-state index contributed by atoms with van der Waals surface area (Å²) >= 11 is 0. The monoisotopic (exact) mass is 943 g/mol. The Balaban J connectivity index is 1.66. The number of unbranched alkanes of at least 4 members (excludes halogenated alkanes) is 20. The lowest BCUT2D eigenvalue weighted by Crippen LogP contribution is -2.38. The number of carbonyl (C=O) groups excluding carboxylic acids is 1. The number of aromatic nitrogens is 2. The van der Waals surface area contributed by atoms with Gasteiger partial charge in [0.15, 0.2) is 28.8 Å². The summed E-state index contributed by atoms with van der Waals surface area (Å²) in [7, 11) is 2.76. The molecule has 0 aliphatic heterocycles. The maximum Gasteiger partial charge on any atom is 0.333 e. The molecule has 0 amide bonds. The predicted octanol–water partition coefficient (Wildman–Crippen LogP) is 13.6. The lowest BCUT2D eigenvalue weighted by Gasteiger charge is -2.22. The Bertz CT molecular complexity index is 2160. The van der Waals surface area contributed by atoms with Gasteiger partial charge >= 0.3 is 5.69 Å². The van der Waals surface area contributed by atoms with Gasteiger partial charge in [0, 0.05) is 49.8 Å². The van der Waals surface area contributed by atoms with Crippen LogP contribution in [0.1, 0.15) is 210 Å². The number of hydrogen-bond donors (Lipinski definition) is 2. The topological polar surface area (TPSA) is 143 Å². The summed E-state index contributed by atoms with van der Waals surface area (Å²) in [5.41, 5.74) is 1.58. The molecule has 68 heavy (non-hydrogen) atoms. The molecule has 3 aromatic rings. The molecule has 12 heteroatoms. The molecule has 0 saturated carbocycles. The van der Waals surface area contributed by atoms with Crippen molar-refractivity contribution in [2.75, 3.05) is 31.7 Å². The molecule has 0 bridgehead atoms. The Labute approximate surface area is 407 Å². The maximum absolute atomic E-state index is 14.4. The van der Waals surface area contributed by atoms with Crippen molar-refractivity contribution in [2.24, 2.45) is 19.1 Å². The second-order valence-electron chi connectivity index (χ2n) is 18.6. The summed E-state index contributed by atoms with van der Waals surface area (Å²) in [6.07, 6.45) is 31.5. The number of rotatable bonds is 36. The van der Waals surface area contributed by atoms with Gasteiger partial charge in [0.25, 0.3) is 5.56 Å². The quantitative estimate of drug-likeness (QED) is 0.0331. The van der Waals surface area contributed by atoms with Crippen molar-refractivity contribution in [3.05, 3.63) is 73.6 Å². The van der Waals surface area contributed by atoms with E-state index in [1.54, 1.807) is 12.3 Å². The van der Waals surface area contributed by atoms with E-state index < -0.39 is 17.1 Å². The zero-order chi connectivity index (χ0) is 48.9. The number of aryl methyl sites for hydroxylation is 1. The zero-order valence-electron chi connectivity index (χ0n) is 42.8. The van der Waals surface area contributed by atoms with Gasteiger partial charge in [0.1, 0.15) is 5.56 Å². The summed E-state index contributed by atoms with van der Waals surface area (Å²) < 4.78 is 27.5. The average Bonchev–Trinajstić information content (AvgIpc) is 3.34. The molecule has 0 radical (unpaired) electrons. The highest BCUT2D eigenvalue weighted by atomic mass is 16.5. The molecule has 1 aliphatic carbocycles. The fourth-order valence-corrected chi connectivity index (χ4v) is 8.47. The highest BCUT2D eigenvalue weighted by molar-refractivity contribution is 6.11. The number of nitrogens with one attached hydrogen (secondary N) is 1. The van der Waals surface area contributed by atoms with Crippen LogP contribution < -0.4 is 35.5 Å². The van der Waals surface area contributed by atoms with Gasteiger partial charge in [-0.15, -0.1) is 0 Å². The van der Waals surface area contributed by atoms with Crippen LogP contribution in [0, 0.1) is 0 Å². The summed E-state index contributed by atoms with van der Waals surface area (Å²) in [6.45, 7) is 11.0. The molecular weight excluding hydrogens is 857 g/mol. The van der Waals surface area contributed by atoms with Gasteiger partial charge in [-0.1, -0.05) is 156 Å². The first-order valence-corrected chi connectivity index (χ1v) is 26.5. The third-order valence-electron chi connectivity index (χ3n) is 12.9. The first kappa shape index (κ1) is 55.6. The average molecular weight is 943 g/mol. The number of allylic oxidation sites excluding steroid dienone is 1. The summed E-state index contributed by atoms with van der Waals surface area (Å²) in [5.74, 6) is 1.79. The van der Waals surface area contributed by atoms with E-state index in [1.807, 2.05) is 18.2 Å². The van der Waals surface area contributed by atoms with Crippen LogP contribution in [0.2, 0.25) is 0 Å². The summed E-state index contributed by atoms with van der Waals surface area (Å²) in [5, 5.41) is 14.3. The number of benzene rings is 2. The Hall–Kier alpha value is -5.00. The number of anilines is 1. The molecule has 378 valence electrons. The number of carbonyl (C=O) groups is 1. The van der Waals surface area contributed by atoms with E-state index in [1.165, 1.54) is 110 Å². The first-order chi connectivity index (χ1) is 33.1. The SMILES string of the molecule is CCCCCCCCOc1cc2c(cc1OCCCCCCCC)C(=O)/C(=C\Nc1cc(OCCCCCCCC)c(OCCCCCCCC)cc1N=Cc1c(O)n(C)c(=O)n(C)c1=O)CC2. The van der Waals surface area contributed by atoms with Crippen molar-refractivity contribution in [3.8, 4) is 28.9 Å². The Morgan fingerprint density at radius 3 is 1.47 bits per heavy atom. The van der Waals surface area contributed by atoms with E-state index in [9.17, 15) is 19.5 Å². The molecule has 0 saturated heterocycles. The van der Waals surface area contributed by atoms with Crippen molar-refractivity contribution >= 4 is 23.4 Å². The Morgan fingerprint density at radius 1 is 0.559 bits per heavy atom. The lowest BCUT2D eigenvalue weighted by atomic mass is 9.87. The van der Waals surface area contributed by atoms with Crippen molar-refractivity contribution in [3.63, 3.8) is 0 Å². The van der Waals surface area contributed by atoms with Crippen LogP contribution in [0.15, 0.2) is 50.6 Å². The molecule has 0 spiro atoms. The number of ether oxygens (including phenoxy) is 4. The Morgan fingerprint density at radius 2 is 0.985 bits per heavy atom. The van der Waals surface area contributed by atoms with E-state index in [0.29, 0.717) is 84.8 Å². The van der Waals surface area contributed by atoms with Gasteiger partial charge < -0.3 is 29.4 Å². The molecular formula is C56H86N4O8. The summed E-state index contributed by atoms with van der Waals surface area (Å²) in [4.78, 5) is 44.8. The second kappa shape index (κ2) is 31.9. The van der Waals surface area contributed by atoms with Crippen LogP contribution in [-0.2, 0) is 20.5 Å². The van der Waals surface area contributed by atoms with Crippen LogP contribution in [0.5, 0.6) is 28.9 Å². The van der Waals surface area contributed by atoms with E-state index in [4.69, 9.17) is 23.9 Å². The molecule has 0 unspecified atom stereocenters. The third-order valence-corrected chi connectivity index (χ3v) is 12.9. The fraction of sp³-hybridized carbons (Fsp3) is 0.643. The summed E-state index contributed by atoms with van der Waals surface area (Å²) in [6, 6.07) is 7.48.